The van der Waals surface area contributed by atoms with Crippen molar-refractivity contribution in [3.05, 3.63) is 59.0 Å². The highest BCUT2D eigenvalue weighted by atomic mass is 32.2. The second kappa shape index (κ2) is 7.96. The Morgan fingerprint density at radius 1 is 1.22 bits per heavy atom. The van der Waals surface area contributed by atoms with Crippen molar-refractivity contribution in [3.8, 4) is 11.5 Å². The van der Waals surface area contributed by atoms with Crippen molar-refractivity contribution < 1.29 is 24.5 Å². The van der Waals surface area contributed by atoms with Crippen molar-refractivity contribution >= 4 is 40.6 Å². The van der Waals surface area contributed by atoms with E-state index in [9.17, 15) is 14.7 Å². The van der Waals surface area contributed by atoms with Gasteiger partial charge in [-0.25, -0.2) is 9.79 Å². The number of rotatable bonds is 5. The Kier molecular flexibility index (Phi) is 5.46. The number of ether oxygens (including phenoxy) is 1. The first-order valence-electron chi connectivity index (χ1n) is 7.99. The summed E-state index contributed by atoms with van der Waals surface area (Å²) in [5.74, 6) is -0.876. The summed E-state index contributed by atoms with van der Waals surface area (Å²) in [6.07, 6.45) is 0.615. The van der Waals surface area contributed by atoms with Crippen LogP contribution < -0.4 is 10.1 Å². The highest BCUT2D eigenvalue weighted by Crippen LogP contribution is 2.31. The summed E-state index contributed by atoms with van der Waals surface area (Å²) in [5.41, 5.74) is 1.19. The van der Waals surface area contributed by atoms with Gasteiger partial charge in [-0.05, 0) is 55.1 Å². The van der Waals surface area contributed by atoms with Gasteiger partial charge in [0.1, 0.15) is 11.5 Å². The number of phenolic OH excluding ortho intramolecular Hbond substituents is 1. The maximum atomic E-state index is 12.2. The number of phenols is 1. The number of carboxylic acid groups (broad SMARTS) is 1. The largest absolute Gasteiger partial charge is 0.508 e. The molecular weight excluding hydrogens is 368 g/mol. The van der Waals surface area contributed by atoms with Gasteiger partial charge in [0, 0.05) is 5.56 Å². The highest BCUT2D eigenvalue weighted by Gasteiger charge is 2.24. The molecule has 1 heterocycles. The lowest BCUT2D eigenvalue weighted by molar-refractivity contribution is -0.144. The van der Waals surface area contributed by atoms with E-state index in [-0.39, 0.29) is 11.7 Å². The number of carboxylic acids is 1. The molecule has 0 radical (unpaired) electrons. The lowest BCUT2D eigenvalue weighted by Crippen LogP contribution is -2.23. The van der Waals surface area contributed by atoms with E-state index in [1.807, 2.05) is 0 Å². The zero-order valence-electron chi connectivity index (χ0n) is 14.2. The second-order valence-corrected chi connectivity index (χ2v) is 6.66. The number of amides is 1. The van der Waals surface area contributed by atoms with E-state index in [1.54, 1.807) is 42.5 Å². The summed E-state index contributed by atoms with van der Waals surface area (Å²) >= 11 is 1.16. The molecule has 138 valence electrons. The maximum absolute atomic E-state index is 12.2. The fraction of sp³-hybridized carbons (Fsp3) is 0.105. The number of carbonyl (C=O) groups is 2. The summed E-state index contributed by atoms with van der Waals surface area (Å²) in [6, 6.07) is 13.2. The van der Waals surface area contributed by atoms with Gasteiger partial charge >= 0.3 is 5.97 Å². The Labute approximate surface area is 159 Å². The van der Waals surface area contributed by atoms with Crippen LogP contribution in [0.2, 0.25) is 0 Å². The molecule has 0 aromatic heterocycles. The number of aliphatic imine (C=N–C) groups is 1. The van der Waals surface area contributed by atoms with Gasteiger partial charge in [0.25, 0.3) is 5.91 Å². The van der Waals surface area contributed by atoms with Gasteiger partial charge in [-0.1, -0.05) is 18.2 Å². The van der Waals surface area contributed by atoms with Crippen LogP contribution in [0.3, 0.4) is 0 Å². The van der Waals surface area contributed by atoms with Crippen LogP contribution in [0.15, 0.2) is 58.4 Å². The van der Waals surface area contributed by atoms with E-state index in [0.29, 0.717) is 27.1 Å². The van der Waals surface area contributed by atoms with Crippen LogP contribution in [0, 0.1) is 0 Å². The number of nitrogens with zero attached hydrogens (tertiary/aromatic N) is 1. The average Bonchev–Trinajstić information content (AvgIpc) is 2.97. The van der Waals surface area contributed by atoms with Crippen LogP contribution in [0.1, 0.15) is 12.5 Å². The molecule has 3 N–H and O–H groups in total. The molecule has 1 saturated heterocycles. The van der Waals surface area contributed by atoms with E-state index in [1.165, 1.54) is 19.1 Å². The second-order valence-electron chi connectivity index (χ2n) is 5.63. The number of amidine groups is 1. The fourth-order valence-electron chi connectivity index (χ4n) is 2.21. The monoisotopic (exact) mass is 384 g/mol. The lowest BCUT2D eigenvalue weighted by Gasteiger charge is -2.12. The van der Waals surface area contributed by atoms with Crippen LogP contribution >= 0.6 is 11.8 Å². The first-order valence-corrected chi connectivity index (χ1v) is 8.81. The predicted molar refractivity (Wildman–Crippen MR) is 103 cm³/mol. The Morgan fingerprint density at radius 2 is 1.93 bits per heavy atom. The molecule has 1 unspecified atom stereocenters. The number of carbonyl (C=O) groups excluding carboxylic acids is 1. The van der Waals surface area contributed by atoms with Crippen LogP contribution in [0.4, 0.5) is 5.69 Å². The Hall–Kier alpha value is -3.26. The number of nitrogens with one attached hydrogen (secondary N) is 1. The minimum Gasteiger partial charge on any atom is -0.508 e. The van der Waals surface area contributed by atoms with Gasteiger partial charge in [-0.15, -0.1) is 0 Å². The molecular formula is C19H16N2O5S. The smallest absolute Gasteiger partial charge is 0.344 e. The molecule has 1 atom stereocenters. The van der Waals surface area contributed by atoms with Gasteiger partial charge in [0.2, 0.25) is 0 Å². The molecule has 1 aliphatic rings. The Balaban J connectivity index is 1.83. The molecule has 3 rings (SSSR count). The van der Waals surface area contributed by atoms with Crippen molar-refractivity contribution in [1.29, 1.82) is 0 Å². The summed E-state index contributed by atoms with van der Waals surface area (Å²) in [6.45, 7) is 1.44. The van der Waals surface area contributed by atoms with Crippen LogP contribution in [0.25, 0.3) is 6.08 Å². The van der Waals surface area contributed by atoms with E-state index in [2.05, 4.69) is 10.3 Å². The minimum absolute atomic E-state index is 0.134. The number of aromatic hydroxyl groups is 1. The summed E-state index contributed by atoms with van der Waals surface area (Å²) in [7, 11) is 0. The molecule has 2 aromatic rings. The van der Waals surface area contributed by atoms with Gasteiger partial charge in [0.15, 0.2) is 11.3 Å². The third kappa shape index (κ3) is 4.68. The highest BCUT2D eigenvalue weighted by molar-refractivity contribution is 8.18. The molecule has 0 spiro atoms. The normalized spacial score (nSPS) is 17.7. The number of hydrogen-bond donors (Lipinski definition) is 3. The van der Waals surface area contributed by atoms with Gasteiger partial charge < -0.3 is 20.3 Å². The molecule has 1 fully saturated rings. The molecule has 0 aliphatic carbocycles. The summed E-state index contributed by atoms with van der Waals surface area (Å²) in [5, 5.41) is 21.4. The molecule has 27 heavy (non-hydrogen) atoms. The Morgan fingerprint density at radius 3 is 2.63 bits per heavy atom. The van der Waals surface area contributed by atoms with Crippen molar-refractivity contribution in [1.82, 2.24) is 5.32 Å². The number of benzene rings is 2. The molecule has 0 saturated carbocycles. The van der Waals surface area contributed by atoms with Crippen molar-refractivity contribution in [2.24, 2.45) is 4.99 Å². The zero-order valence-corrected chi connectivity index (χ0v) is 15.1. The molecule has 1 aliphatic heterocycles. The molecule has 7 nitrogen and oxygen atoms in total. The molecule has 0 bridgehead atoms. The van der Waals surface area contributed by atoms with Crippen LogP contribution in [-0.4, -0.2) is 33.4 Å². The van der Waals surface area contributed by atoms with Gasteiger partial charge in [0.05, 0.1) is 10.6 Å². The quantitative estimate of drug-likeness (QED) is 0.684. The van der Waals surface area contributed by atoms with Crippen LogP contribution in [0.5, 0.6) is 11.5 Å². The minimum atomic E-state index is -1.08. The Bertz CT molecular complexity index is 937. The first kappa shape index (κ1) is 18.5. The topological polar surface area (TPSA) is 108 Å². The molecule has 8 heteroatoms. The average molecular weight is 384 g/mol. The van der Waals surface area contributed by atoms with E-state index in [0.717, 1.165) is 11.8 Å². The van der Waals surface area contributed by atoms with Crippen molar-refractivity contribution in [2.45, 2.75) is 13.0 Å². The zero-order chi connectivity index (χ0) is 19.4. The standard InChI is InChI=1S/C19H16N2O5S/c1-11(18(24)25)26-15-5-3-2-4-12(15)10-16-17(23)21-19(27-16)20-13-6-8-14(22)9-7-13/h2-11,22H,1H3,(H,24,25)(H,20,21,23)/b16-10-. The van der Waals surface area contributed by atoms with E-state index >= 15 is 0 Å². The van der Waals surface area contributed by atoms with Gasteiger partial charge in [-0.3, -0.25) is 4.79 Å². The van der Waals surface area contributed by atoms with Crippen molar-refractivity contribution in [3.63, 3.8) is 0 Å². The molecule has 1 amide bonds. The van der Waals surface area contributed by atoms with Crippen LogP contribution in [-0.2, 0) is 9.59 Å². The lowest BCUT2D eigenvalue weighted by atomic mass is 10.2. The maximum Gasteiger partial charge on any atom is 0.344 e. The SMILES string of the molecule is CC(Oc1ccccc1/C=C1\SC(=Nc2ccc(O)cc2)NC1=O)C(=O)O. The third-order valence-corrected chi connectivity index (χ3v) is 4.50. The van der Waals surface area contributed by atoms with Crippen molar-refractivity contribution in [2.75, 3.05) is 0 Å². The fourth-order valence-corrected chi connectivity index (χ4v) is 3.05. The number of thioether (sulfide) groups is 1. The van der Waals surface area contributed by atoms with E-state index in [4.69, 9.17) is 9.84 Å². The molecule has 2 aromatic carbocycles. The van der Waals surface area contributed by atoms with E-state index < -0.39 is 12.1 Å². The summed E-state index contributed by atoms with van der Waals surface area (Å²) < 4.78 is 5.45. The summed E-state index contributed by atoms with van der Waals surface area (Å²) in [4.78, 5) is 28.0. The third-order valence-electron chi connectivity index (χ3n) is 3.59. The number of hydrogen-bond acceptors (Lipinski definition) is 6. The predicted octanol–water partition coefficient (Wildman–Crippen LogP) is 3.14. The number of para-hydroxylation sites is 1. The number of aliphatic carboxylic acids is 1. The van der Waals surface area contributed by atoms with Gasteiger partial charge in [-0.2, -0.15) is 0 Å². The first-order chi connectivity index (χ1) is 12.9.